The van der Waals surface area contributed by atoms with E-state index in [1.54, 1.807) is 7.05 Å². The van der Waals surface area contributed by atoms with E-state index >= 15 is 0 Å². The van der Waals surface area contributed by atoms with E-state index < -0.39 is 18.0 Å². The Labute approximate surface area is 72.3 Å². The van der Waals surface area contributed by atoms with E-state index in [2.05, 4.69) is 10.1 Å². The van der Waals surface area contributed by atoms with Gasteiger partial charge in [-0.1, -0.05) is 13.8 Å². The summed E-state index contributed by atoms with van der Waals surface area (Å²) in [5.41, 5.74) is 0. The third kappa shape index (κ3) is 3.48. The van der Waals surface area contributed by atoms with Crippen LogP contribution < -0.4 is 5.32 Å². The summed E-state index contributed by atoms with van der Waals surface area (Å²) in [5, 5.41) is 2.78. The molecule has 0 amide bonds. The quantitative estimate of drug-likeness (QED) is 0.493. The first-order chi connectivity index (χ1) is 5.49. The Bertz CT molecular complexity index is 177. The molecule has 0 aliphatic carbocycles. The van der Waals surface area contributed by atoms with Gasteiger partial charge in [-0.2, -0.15) is 0 Å². The molecule has 70 valence electrons. The third-order valence-electron chi connectivity index (χ3n) is 1.48. The zero-order valence-electron chi connectivity index (χ0n) is 7.88. The van der Waals surface area contributed by atoms with Gasteiger partial charge >= 0.3 is 11.9 Å². The minimum atomic E-state index is -0.569. The Morgan fingerprint density at radius 2 is 1.83 bits per heavy atom. The van der Waals surface area contributed by atoms with Gasteiger partial charge in [0.05, 0.1) is 0 Å². The van der Waals surface area contributed by atoms with Gasteiger partial charge in [-0.15, -0.1) is 0 Å². The molecule has 0 rings (SSSR count). The van der Waals surface area contributed by atoms with Gasteiger partial charge < -0.3 is 10.1 Å². The van der Waals surface area contributed by atoms with E-state index in [4.69, 9.17) is 0 Å². The van der Waals surface area contributed by atoms with E-state index in [0.29, 0.717) is 0 Å². The van der Waals surface area contributed by atoms with Crippen molar-refractivity contribution < 1.29 is 14.3 Å². The Hall–Kier alpha value is -0.900. The second-order valence-corrected chi connectivity index (χ2v) is 2.92. The van der Waals surface area contributed by atoms with Crippen LogP contribution in [0.2, 0.25) is 0 Å². The Morgan fingerprint density at radius 3 is 2.08 bits per heavy atom. The van der Waals surface area contributed by atoms with Gasteiger partial charge in [0.2, 0.25) is 0 Å². The molecule has 0 radical (unpaired) electrons. The second-order valence-electron chi connectivity index (χ2n) is 2.92. The minimum absolute atomic E-state index is 0.113. The van der Waals surface area contributed by atoms with Gasteiger partial charge in [0, 0.05) is 6.92 Å². The van der Waals surface area contributed by atoms with Gasteiger partial charge in [0.1, 0.15) is 6.04 Å². The van der Waals surface area contributed by atoms with E-state index in [0.717, 1.165) is 0 Å². The highest BCUT2D eigenvalue weighted by atomic mass is 16.6. The lowest BCUT2D eigenvalue weighted by atomic mass is 10.1. The number of esters is 2. The van der Waals surface area contributed by atoms with Crippen molar-refractivity contribution in [1.29, 1.82) is 0 Å². The van der Waals surface area contributed by atoms with Crippen LogP contribution in [0.1, 0.15) is 20.8 Å². The molecule has 0 aliphatic heterocycles. The number of carbonyl (C=O) groups is 2. The molecule has 0 unspecified atom stereocenters. The molecule has 0 bridgehead atoms. The summed E-state index contributed by atoms with van der Waals surface area (Å²) >= 11 is 0. The summed E-state index contributed by atoms with van der Waals surface area (Å²) < 4.78 is 4.42. The molecule has 0 saturated carbocycles. The van der Waals surface area contributed by atoms with Crippen molar-refractivity contribution in [3.8, 4) is 0 Å². The predicted molar refractivity (Wildman–Crippen MR) is 44.5 cm³/mol. The Balaban J connectivity index is 4.12. The number of rotatable bonds is 3. The van der Waals surface area contributed by atoms with Crippen LogP contribution in [0.25, 0.3) is 0 Å². The molecule has 1 N–H and O–H groups in total. The summed E-state index contributed by atoms with van der Waals surface area (Å²) in [7, 11) is 1.66. The Morgan fingerprint density at radius 1 is 1.33 bits per heavy atom. The fraction of sp³-hybridized carbons (Fsp3) is 0.750. The topological polar surface area (TPSA) is 55.4 Å². The molecule has 0 spiro atoms. The molecule has 1 atom stereocenters. The zero-order chi connectivity index (χ0) is 9.72. The van der Waals surface area contributed by atoms with Crippen molar-refractivity contribution in [3.05, 3.63) is 0 Å². The maximum absolute atomic E-state index is 11.1. The first kappa shape index (κ1) is 11.1. The van der Waals surface area contributed by atoms with Crippen molar-refractivity contribution in [3.63, 3.8) is 0 Å². The summed E-state index contributed by atoms with van der Waals surface area (Å²) in [6.07, 6.45) is 0. The average Bonchev–Trinajstić information content (AvgIpc) is 1.85. The number of ether oxygens (including phenoxy) is 1. The van der Waals surface area contributed by atoms with Crippen LogP contribution in [0.4, 0.5) is 0 Å². The van der Waals surface area contributed by atoms with Gasteiger partial charge in [0.25, 0.3) is 0 Å². The Kier molecular flexibility index (Phi) is 4.51. The standard InChI is InChI=1S/C8H15NO3/c1-5(2)7(9-4)8(11)12-6(3)10/h5,7,9H,1-4H3/t7-/m0/s1. The maximum atomic E-state index is 11.1. The molecule has 4 nitrogen and oxygen atoms in total. The molecule has 0 fully saturated rings. The van der Waals surface area contributed by atoms with E-state index in [1.165, 1.54) is 6.92 Å². The molecule has 0 aromatic carbocycles. The number of nitrogens with one attached hydrogen (secondary N) is 1. The van der Waals surface area contributed by atoms with Gasteiger partial charge in [-0.05, 0) is 13.0 Å². The third-order valence-corrected chi connectivity index (χ3v) is 1.48. The summed E-state index contributed by atoms with van der Waals surface area (Å²) in [4.78, 5) is 21.5. The zero-order valence-corrected chi connectivity index (χ0v) is 7.88. The van der Waals surface area contributed by atoms with Crippen LogP contribution in [0.3, 0.4) is 0 Å². The van der Waals surface area contributed by atoms with Crippen molar-refractivity contribution in [2.75, 3.05) is 7.05 Å². The smallest absolute Gasteiger partial charge is 0.331 e. The van der Waals surface area contributed by atoms with Gasteiger partial charge in [0.15, 0.2) is 0 Å². The van der Waals surface area contributed by atoms with Crippen LogP contribution in [-0.2, 0) is 14.3 Å². The van der Waals surface area contributed by atoms with E-state index in [1.807, 2.05) is 13.8 Å². The summed E-state index contributed by atoms with van der Waals surface area (Å²) in [5.74, 6) is -0.970. The normalized spacial score (nSPS) is 12.8. The highest BCUT2D eigenvalue weighted by Gasteiger charge is 2.22. The first-order valence-corrected chi connectivity index (χ1v) is 3.88. The minimum Gasteiger partial charge on any atom is -0.392 e. The van der Waals surface area contributed by atoms with Crippen molar-refractivity contribution >= 4 is 11.9 Å². The summed E-state index contributed by atoms with van der Waals surface area (Å²) in [6.45, 7) is 4.97. The molecule has 4 heteroatoms. The average molecular weight is 173 g/mol. The molecule has 0 aromatic heterocycles. The van der Waals surface area contributed by atoms with E-state index in [-0.39, 0.29) is 5.92 Å². The monoisotopic (exact) mass is 173 g/mol. The highest BCUT2D eigenvalue weighted by molar-refractivity contribution is 5.87. The molecule has 12 heavy (non-hydrogen) atoms. The molecule has 0 aliphatic rings. The maximum Gasteiger partial charge on any atom is 0.331 e. The predicted octanol–water partition coefficient (Wildman–Crippen LogP) is 0.320. The van der Waals surface area contributed by atoms with E-state index in [9.17, 15) is 9.59 Å². The molecule has 0 heterocycles. The molecule has 0 aromatic rings. The fourth-order valence-electron chi connectivity index (χ4n) is 0.928. The van der Waals surface area contributed by atoms with Crippen LogP contribution in [0.15, 0.2) is 0 Å². The van der Waals surface area contributed by atoms with Gasteiger partial charge in [-0.3, -0.25) is 4.79 Å². The second kappa shape index (κ2) is 4.87. The fourth-order valence-corrected chi connectivity index (χ4v) is 0.928. The van der Waals surface area contributed by atoms with Crippen molar-refractivity contribution in [2.45, 2.75) is 26.8 Å². The van der Waals surface area contributed by atoms with Gasteiger partial charge in [-0.25, -0.2) is 4.79 Å². The lowest BCUT2D eigenvalue weighted by molar-refractivity contribution is -0.160. The first-order valence-electron chi connectivity index (χ1n) is 3.88. The SMILES string of the molecule is CN[C@H](C(=O)OC(C)=O)C(C)C. The number of hydrogen-bond acceptors (Lipinski definition) is 4. The molecule has 0 saturated heterocycles. The van der Waals surface area contributed by atoms with Crippen LogP contribution >= 0.6 is 0 Å². The van der Waals surface area contributed by atoms with Crippen LogP contribution in [0, 0.1) is 5.92 Å². The van der Waals surface area contributed by atoms with Crippen molar-refractivity contribution in [2.24, 2.45) is 5.92 Å². The van der Waals surface area contributed by atoms with Crippen LogP contribution in [-0.4, -0.2) is 25.0 Å². The highest BCUT2D eigenvalue weighted by Crippen LogP contribution is 2.02. The number of likely N-dealkylation sites (N-methyl/N-ethyl adjacent to an activating group) is 1. The molecular formula is C8H15NO3. The number of carbonyl (C=O) groups excluding carboxylic acids is 2. The summed E-state index contributed by atoms with van der Waals surface area (Å²) in [6, 6.07) is -0.408. The van der Waals surface area contributed by atoms with Crippen molar-refractivity contribution in [1.82, 2.24) is 5.32 Å². The number of hydrogen-bond donors (Lipinski definition) is 1. The lowest BCUT2D eigenvalue weighted by Crippen LogP contribution is -2.40. The van der Waals surface area contributed by atoms with Crippen LogP contribution in [0.5, 0.6) is 0 Å². The largest absolute Gasteiger partial charge is 0.392 e. The lowest BCUT2D eigenvalue weighted by Gasteiger charge is -2.16. The molecular weight excluding hydrogens is 158 g/mol.